The third-order valence-electron chi connectivity index (χ3n) is 9.02. The number of aryl methyl sites for hydroxylation is 4. The second kappa shape index (κ2) is 8.58. The average Bonchev–Trinajstić information content (AvgIpc) is 3.61. The molecule has 0 spiro atoms. The van der Waals surface area contributed by atoms with Crippen LogP contribution in [0.2, 0.25) is 0 Å². The van der Waals surface area contributed by atoms with Crippen molar-refractivity contribution in [1.82, 2.24) is 19.9 Å². The van der Waals surface area contributed by atoms with Crippen LogP contribution in [0.5, 0.6) is 0 Å². The lowest BCUT2D eigenvalue weighted by Gasteiger charge is -2.05. The zero-order valence-electron chi connectivity index (χ0n) is 23.5. The van der Waals surface area contributed by atoms with Gasteiger partial charge in [0.15, 0.2) is 0 Å². The molecule has 3 aromatic rings. The first-order chi connectivity index (χ1) is 17.8. The van der Waals surface area contributed by atoms with E-state index >= 15 is 0 Å². The number of fused-ring (bicyclic) bond motifs is 8. The van der Waals surface area contributed by atoms with Crippen LogP contribution in [-0.4, -0.2) is 19.9 Å². The molecule has 8 bridgehead atoms. The summed E-state index contributed by atoms with van der Waals surface area (Å²) in [7, 11) is 0. The molecule has 0 saturated carbocycles. The van der Waals surface area contributed by atoms with Crippen molar-refractivity contribution in [3.63, 3.8) is 0 Å². The molecule has 1 aliphatic carbocycles. The molecule has 1 atom stereocenters. The zero-order valence-corrected chi connectivity index (χ0v) is 23.5. The number of aromatic nitrogens is 4. The van der Waals surface area contributed by atoms with Gasteiger partial charge in [-0.3, -0.25) is 0 Å². The molecule has 4 heteroatoms. The van der Waals surface area contributed by atoms with Crippen molar-refractivity contribution in [3.8, 4) is 0 Å². The molecule has 3 aliphatic rings. The van der Waals surface area contributed by atoms with Gasteiger partial charge in [0.2, 0.25) is 0 Å². The summed E-state index contributed by atoms with van der Waals surface area (Å²) in [4.78, 5) is 18.1. The van der Waals surface area contributed by atoms with E-state index in [9.17, 15) is 0 Å². The van der Waals surface area contributed by atoms with E-state index in [1.165, 1.54) is 72.4 Å². The maximum atomic E-state index is 5.30. The summed E-state index contributed by atoms with van der Waals surface area (Å²) in [5, 5.41) is 0. The van der Waals surface area contributed by atoms with Gasteiger partial charge in [0.1, 0.15) is 0 Å². The quantitative estimate of drug-likeness (QED) is 0.386. The van der Waals surface area contributed by atoms with Gasteiger partial charge in [0, 0.05) is 27.6 Å². The zero-order chi connectivity index (χ0) is 26.2. The fraction of sp³-hybridized carbons (Fsp3) is 0.394. The number of hydrogen-bond donors (Lipinski definition) is 2. The van der Waals surface area contributed by atoms with Crippen LogP contribution in [-0.2, 0) is 19.3 Å². The van der Waals surface area contributed by atoms with Crippen LogP contribution in [0.25, 0.3) is 44.4 Å². The first-order valence-corrected chi connectivity index (χ1v) is 13.9. The van der Waals surface area contributed by atoms with Crippen molar-refractivity contribution in [1.29, 1.82) is 0 Å². The Morgan fingerprint density at radius 1 is 0.703 bits per heavy atom. The van der Waals surface area contributed by atoms with Gasteiger partial charge in [-0.2, -0.15) is 0 Å². The highest BCUT2D eigenvalue weighted by atomic mass is 14.8. The van der Waals surface area contributed by atoms with Crippen molar-refractivity contribution < 1.29 is 0 Å². The Bertz CT molecular complexity index is 1700. The molecule has 0 amide bonds. The van der Waals surface area contributed by atoms with E-state index in [-0.39, 0.29) is 0 Å². The minimum absolute atomic E-state index is 0.452. The highest BCUT2D eigenvalue weighted by Gasteiger charge is 2.34. The number of aromatic amines is 2. The normalized spacial score (nSPS) is 16.9. The number of H-pyrrole nitrogens is 2. The van der Waals surface area contributed by atoms with E-state index in [0.717, 1.165) is 48.3 Å². The number of nitrogens with zero attached hydrogens (tertiary/aromatic N) is 2. The van der Waals surface area contributed by atoms with Crippen LogP contribution in [0.15, 0.2) is 18.2 Å². The minimum atomic E-state index is 0.452. The van der Waals surface area contributed by atoms with Crippen LogP contribution in [0.1, 0.15) is 98.6 Å². The fourth-order valence-corrected chi connectivity index (χ4v) is 6.92. The monoisotopic (exact) mass is 490 g/mol. The van der Waals surface area contributed by atoms with Gasteiger partial charge in [-0.25, -0.2) is 9.97 Å². The highest BCUT2D eigenvalue weighted by molar-refractivity contribution is 5.99. The summed E-state index contributed by atoms with van der Waals surface area (Å²) in [5.74, 6) is 0.452. The molecule has 190 valence electrons. The lowest BCUT2D eigenvalue weighted by molar-refractivity contribution is 0.777. The SMILES string of the molecule is CCC1=C(C)c2cc3[nH]c(cc4[nH]c(cc5nc6c(c1n2)CC(C)C6=C5C)c(CC)c4C)c(CC)c3C. The molecule has 0 aromatic carbocycles. The maximum Gasteiger partial charge on any atom is 0.0729 e. The molecule has 6 rings (SSSR count). The van der Waals surface area contributed by atoms with Crippen molar-refractivity contribution in [2.45, 2.75) is 81.1 Å². The van der Waals surface area contributed by atoms with Gasteiger partial charge >= 0.3 is 0 Å². The van der Waals surface area contributed by atoms with Crippen LogP contribution in [0, 0.1) is 19.8 Å². The van der Waals surface area contributed by atoms with Crippen molar-refractivity contribution >= 4 is 44.4 Å². The summed E-state index contributed by atoms with van der Waals surface area (Å²) < 4.78 is 0. The van der Waals surface area contributed by atoms with Gasteiger partial charge in [-0.05, 0) is 122 Å². The highest BCUT2D eigenvalue weighted by Crippen LogP contribution is 2.47. The van der Waals surface area contributed by atoms with Gasteiger partial charge in [0.05, 0.1) is 22.8 Å². The molecule has 1 unspecified atom stereocenters. The van der Waals surface area contributed by atoms with Crippen LogP contribution >= 0.6 is 0 Å². The van der Waals surface area contributed by atoms with Crippen LogP contribution in [0.4, 0.5) is 0 Å². The lowest BCUT2D eigenvalue weighted by atomic mass is 9.98. The second-order valence-corrected chi connectivity index (χ2v) is 11.0. The molecule has 0 radical (unpaired) electrons. The molecule has 0 saturated heterocycles. The molecule has 0 fully saturated rings. The molecule has 4 nitrogen and oxygen atoms in total. The largest absolute Gasteiger partial charge is 0.355 e. The molecular formula is C33H38N4. The Hall–Kier alpha value is -3.40. The molecule has 5 heterocycles. The predicted molar refractivity (Wildman–Crippen MR) is 157 cm³/mol. The van der Waals surface area contributed by atoms with E-state index in [1.807, 2.05) is 0 Å². The van der Waals surface area contributed by atoms with Crippen molar-refractivity contribution in [3.05, 3.63) is 68.8 Å². The summed E-state index contributed by atoms with van der Waals surface area (Å²) in [6.45, 7) is 18.1. The van der Waals surface area contributed by atoms with E-state index < -0.39 is 0 Å². The van der Waals surface area contributed by atoms with Gasteiger partial charge < -0.3 is 9.97 Å². The molecule has 2 N–H and O–H groups in total. The summed E-state index contributed by atoms with van der Waals surface area (Å²) in [6.07, 6.45) is 3.95. The first kappa shape index (κ1) is 24.0. The van der Waals surface area contributed by atoms with E-state index in [1.54, 1.807) is 0 Å². The van der Waals surface area contributed by atoms with Crippen LogP contribution < -0.4 is 0 Å². The molecule has 3 aromatic heterocycles. The van der Waals surface area contributed by atoms with Crippen molar-refractivity contribution in [2.75, 3.05) is 0 Å². The number of hydrogen-bond acceptors (Lipinski definition) is 2. The predicted octanol–water partition coefficient (Wildman–Crippen LogP) is 8.52. The summed E-state index contributed by atoms with van der Waals surface area (Å²) in [6, 6.07) is 6.85. The Kier molecular flexibility index (Phi) is 5.56. The first-order valence-electron chi connectivity index (χ1n) is 13.9. The maximum absolute atomic E-state index is 5.30. The number of nitrogens with one attached hydrogen (secondary N) is 2. The third kappa shape index (κ3) is 3.41. The molecule has 37 heavy (non-hydrogen) atoms. The van der Waals surface area contributed by atoms with Gasteiger partial charge in [-0.15, -0.1) is 0 Å². The Balaban J connectivity index is 1.84. The topological polar surface area (TPSA) is 57.4 Å². The number of allylic oxidation sites excluding steroid dienone is 4. The minimum Gasteiger partial charge on any atom is -0.355 e. The summed E-state index contributed by atoms with van der Waals surface area (Å²) >= 11 is 0. The molecular weight excluding hydrogens is 452 g/mol. The van der Waals surface area contributed by atoms with Crippen LogP contribution in [0.3, 0.4) is 0 Å². The van der Waals surface area contributed by atoms with E-state index in [2.05, 4.69) is 83.6 Å². The summed E-state index contributed by atoms with van der Waals surface area (Å²) in [5.41, 5.74) is 21.3. The third-order valence-corrected chi connectivity index (χ3v) is 9.02. The average molecular weight is 491 g/mol. The van der Waals surface area contributed by atoms with Gasteiger partial charge in [-0.1, -0.05) is 27.7 Å². The van der Waals surface area contributed by atoms with Crippen molar-refractivity contribution in [2.24, 2.45) is 5.92 Å². The van der Waals surface area contributed by atoms with Gasteiger partial charge in [0.25, 0.3) is 0 Å². The smallest absolute Gasteiger partial charge is 0.0729 e. The standard InChI is InChI=1S/C33H38N4/c1-9-21-17(5)25-13-27-19(7)23(11-3)32(36-27)24-12-16(4)31-20(8)28(37-33(24)31)15-30-22(10-2)18(6)26(35-30)14-29(21)34-25/h13-16,34-35H,9-12H2,1-8H3. The fourth-order valence-electron chi connectivity index (χ4n) is 6.92. The Morgan fingerprint density at radius 3 is 1.86 bits per heavy atom. The molecule has 2 aliphatic heterocycles. The lowest BCUT2D eigenvalue weighted by Crippen LogP contribution is -1.95. The number of rotatable bonds is 3. The van der Waals surface area contributed by atoms with E-state index in [4.69, 9.17) is 9.97 Å². The Morgan fingerprint density at radius 2 is 1.24 bits per heavy atom. The Labute approximate surface area is 220 Å². The second-order valence-electron chi connectivity index (χ2n) is 11.0. The van der Waals surface area contributed by atoms with E-state index in [0.29, 0.717) is 5.92 Å².